The number of carbonyl (C=O) groups excluding carboxylic acids is 1. The number of nitrogens with one attached hydrogen (secondary N) is 1. The second kappa shape index (κ2) is 14.0. The number of nitrogens with zero attached hydrogens (tertiary/aromatic N) is 4. The summed E-state index contributed by atoms with van der Waals surface area (Å²) in [4.78, 5) is 23.8. The highest BCUT2D eigenvalue weighted by atomic mass is 127. The number of rotatable bonds is 8. The van der Waals surface area contributed by atoms with Crippen molar-refractivity contribution in [3.8, 4) is 11.3 Å². The molecule has 1 atom stereocenters. The number of Topliss-reactive ketones (excluding diaryl/α,β-unsaturated/α-hetero) is 1. The average Bonchev–Trinajstić information content (AvgIpc) is 3.43. The summed E-state index contributed by atoms with van der Waals surface area (Å²) in [7, 11) is 0. The van der Waals surface area contributed by atoms with E-state index in [1.165, 1.54) is 5.69 Å². The van der Waals surface area contributed by atoms with Crippen LogP contribution in [-0.4, -0.2) is 52.6 Å². The molecule has 1 fully saturated rings. The lowest BCUT2D eigenvalue weighted by molar-refractivity contribution is 0.0988. The molecule has 2 aromatic heterocycles. The average molecular weight is 645 g/mol. The van der Waals surface area contributed by atoms with Crippen molar-refractivity contribution in [3.05, 3.63) is 72.7 Å². The van der Waals surface area contributed by atoms with Gasteiger partial charge in [0.05, 0.1) is 31.5 Å². The SMILES string of the molecule is CC(C)OPI.CCC(=O)c1cccc(-c2cn3ccnc3c(Nc3ccc(N4CCOCC4)cc3)n2)c1. The molecule has 200 valence electrons. The first kappa shape index (κ1) is 28.4. The third-order valence-corrected chi connectivity index (χ3v) is 7.29. The van der Waals surface area contributed by atoms with Crippen LogP contribution < -0.4 is 10.2 Å². The molecule has 10 heteroatoms. The first-order valence-electron chi connectivity index (χ1n) is 12.7. The Bertz CT molecular complexity index is 1340. The molecule has 1 N–H and O–H groups in total. The van der Waals surface area contributed by atoms with E-state index in [0.717, 1.165) is 48.9 Å². The van der Waals surface area contributed by atoms with Gasteiger partial charge in [-0.25, -0.2) is 9.97 Å². The zero-order valence-corrected chi connectivity index (χ0v) is 25.0. The summed E-state index contributed by atoms with van der Waals surface area (Å²) in [6.45, 7) is 9.89. The number of ketones is 1. The van der Waals surface area contributed by atoms with E-state index in [1.54, 1.807) is 6.20 Å². The molecule has 0 radical (unpaired) electrons. The number of fused-ring (bicyclic) bond motifs is 1. The number of ether oxygens (including phenoxy) is 1. The third kappa shape index (κ3) is 7.50. The fourth-order valence-electron chi connectivity index (χ4n) is 4.01. The maximum Gasteiger partial charge on any atom is 0.180 e. The minimum atomic E-state index is 0.120. The minimum absolute atomic E-state index is 0.120. The van der Waals surface area contributed by atoms with E-state index in [-0.39, 0.29) is 5.78 Å². The molecule has 1 saturated heterocycles. The van der Waals surface area contributed by atoms with Crippen LogP contribution in [0.4, 0.5) is 17.2 Å². The molecular weight excluding hydrogens is 612 g/mol. The lowest BCUT2D eigenvalue weighted by Crippen LogP contribution is -2.36. The smallest absolute Gasteiger partial charge is 0.180 e. The Morgan fingerprint density at radius 1 is 1.18 bits per heavy atom. The van der Waals surface area contributed by atoms with Gasteiger partial charge in [0.15, 0.2) is 17.2 Å². The van der Waals surface area contributed by atoms with Gasteiger partial charge in [0.25, 0.3) is 0 Å². The molecule has 0 aliphatic carbocycles. The Hall–Kier alpha value is -2.59. The first-order chi connectivity index (χ1) is 18.5. The van der Waals surface area contributed by atoms with Crippen LogP contribution in [0.25, 0.3) is 16.9 Å². The second-order valence-electron chi connectivity index (χ2n) is 9.01. The maximum absolute atomic E-state index is 12.2. The maximum atomic E-state index is 12.2. The number of aromatic nitrogens is 3. The number of hydrogen-bond acceptors (Lipinski definition) is 7. The quantitative estimate of drug-likeness (QED) is 0.127. The van der Waals surface area contributed by atoms with Crippen molar-refractivity contribution in [2.45, 2.75) is 33.3 Å². The van der Waals surface area contributed by atoms with Crippen LogP contribution in [0.5, 0.6) is 0 Å². The predicted octanol–water partition coefficient (Wildman–Crippen LogP) is 6.92. The number of hydrogen-bond donors (Lipinski definition) is 1. The van der Waals surface area contributed by atoms with Gasteiger partial charge in [0.2, 0.25) is 0 Å². The summed E-state index contributed by atoms with van der Waals surface area (Å²) in [5, 5.41) is 3.42. The largest absolute Gasteiger partial charge is 0.378 e. The third-order valence-electron chi connectivity index (χ3n) is 5.96. The lowest BCUT2D eigenvalue weighted by atomic mass is 10.0. The molecule has 5 rings (SSSR count). The molecule has 1 aliphatic heterocycles. The summed E-state index contributed by atoms with van der Waals surface area (Å²) < 4.78 is 12.4. The van der Waals surface area contributed by atoms with E-state index in [4.69, 9.17) is 14.2 Å². The molecule has 0 saturated carbocycles. The van der Waals surface area contributed by atoms with E-state index in [2.05, 4.69) is 61.5 Å². The monoisotopic (exact) mass is 645 g/mol. The van der Waals surface area contributed by atoms with Gasteiger partial charge in [-0.05, 0) is 66.2 Å². The van der Waals surface area contributed by atoms with Crippen LogP contribution in [0.2, 0.25) is 0 Å². The summed E-state index contributed by atoms with van der Waals surface area (Å²) in [5.74, 6) is 0.785. The molecular formula is C28H33IN5O3P. The Balaban J connectivity index is 0.000000505. The molecule has 1 unspecified atom stereocenters. The van der Waals surface area contributed by atoms with Gasteiger partial charge < -0.3 is 23.9 Å². The summed E-state index contributed by atoms with van der Waals surface area (Å²) in [6, 6.07) is 15.9. The van der Waals surface area contributed by atoms with Gasteiger partial charge in [-0.15, -0.1) is 0 Å². The van der Waals surface area contributed by atoms with Crippen molar-refractivity contribution >= 4 is 57.1 Å². The Labute approximate surface area is 238 Å². The van der Waals surface area contributed by atoms with Gasteiger partial charge in [-0.3, -0.25) is 4.79 Å². The van der Waals surface area contributed by atoms with Crippen LogP contribution in [0.1, 0.15) is 37.6 Å². The molecule has 1 aliphatic rings. The van der Waals surface area contributed by atoms with Gasteiger partial charge in [-0.1, -0.05) is 25.1 Å². The van der Waals surface area contributed by atoms with E-state index in [1.807, 2.05) is 61.8 Å². The molecule has 0 amide bonds. The highest BCUT2D eigenvalue weighted by Gasteiger charge is 2.13. The van der Waals surface area contributed by atoms with Crippen molar-refractivity contribution in [1.82, 2.24) is 14.4 Å². The molecule has 4 aromatic rings. The second-order valence-corrected chi connectivity index (χ2v) is 10.7. The normalized spacial score (nSPS) is 13.7. The van der Waals surface area contributed by atoms with Gasteiger partial charge in [0, 0.05) is 60.6 Å². The number of anilines is 3. The van der Waals surface area contributed by atoms with E-state index in [0.29, 0.717) is 30.4 Å². The molecule has 0 spiro atoms. The van der Waals surface area contributed by atoms with E-state index >= 15 is 0 Å². The highest BCUT2D eigenvalue weighted by Crippen LogP contribution is 2.27. The number of morpholine rings is 1. The molecule has 8 nitrogen and oxygen atoms in total. The van der Waals surface area contributed by atoms with Crippen molar-refractivity contribution in [3.63, 3.8) is 0 Å². The summed E-state index contributed by atoms with van der Waals surface area (Å²) >= 11 is 2.21. The van der Waals surface area contributed by atoms with Gasteiger partial charge in [-0.2, -0.15) is 0 Å². The number of benzene rings is 2. The van der Waals surface area contributed by atoms with Crippen LogP contribution in [-0.2, 0) is 9.26 Å². The number of imidazole rings is 1. The lowest BCUT2D eigenvalue weighted by Gasteiger charge is -2.28. The van der Waals surface area contributed by atoms with E-state index < -0.39 is 0 Å². The molecule has 3 heterocycles. The fourth-order valence-corrected chi connectivity index (χ4v) is 5.72. The highest BCUT2D eigenvalue weighted by molar-refractivity contribution is 14.2. The Kier molecular flexibility index (Phi) is 10.5. The Morgan fingerprint density at radius 3 is 2.61 bits per heavy atom. The molecule has 0 bridgehead atoms. The van der Waals surface area contributed by atoms with Crippen LogP contribution in [0.15, 0.2) is 67.1 Å². The van der Waals surface area contributed by atoms with Gasteiger partial charge in [0.1, 0.15) is 0 Å². The standard InChI is InChI=1S/C25H25N5O2.C3H8IOP/c1-2-23(31)19-5-3-4-18(16-19)22-17-30-11-10-26-25(30)24(28-22)27-20-6-8-21(9-7-20)29-12-14-32-15-13-29;1-3(2)5-6-4/h3-11,16-17H,2,12-15H2,1H3,(H,27,28);3,6H,1-2H3. The van der Waals surface area contributed by atoms with Crippen molar-refractivity contribution < 1.29 is 14.1 Å². The van der Waals surface area contributed by atoms with Crippen LogP contribution >= 0.6 is 28.5 Å². The topological polar surface area (TPSA) is 81.0 Å². The minimum Gasteiger partial charge on any atom is -0.378 e. The van der Waals surface area contributed by atoms with Crippen molar-refractivity contribution in [1.29, 1.82) is 0 Å². The summed E-state index contributed by atoms with van der Waals surface area (Å²) in [5.41, 5.74) is 5.23. The van der Waals surface area contributed by atoms with Crippen LogP contribution in [0.3, 0.4) is 0 Å². The molecule has 2 aromatic carbocycles. The summed E-state index contributed by atoms with van der Waals surface area (Å²) in [6.07, 6.45) is 6.47. The number of carbonyl (C=O) groups is 1. The zero-order valence-electron chi connectivity index (χ0n) is 21.9. The molecule has 38 heavy (non-hydrogen) atoms. The number of halogens is 1. The van der Waals surface area contributed by atoms with E-state index in [9.17, 15) is 4.79 Å². The Morgan fingerprint density at radius 2 is 1.95 bits per heavy atom. The zero-order chi connectivity index (χ0) is 26.9. The predicted molar refractivity (Wildman–Crippen MR) is 164 cm³/mol. The van der Waals surface area contributed by atoms with Crippen molar-refractivity contribution in [2.75, 3.05) is 36.5 Å². The van der Waals surface area contributed by atoms with Crippen molar-refractivity contribution in [2.24, 2.45) is 0 Å². The first-order valence-corrected chi connectivity index (χ1v) is 16.7. The van der Waals surface area contributed by atoms with Crippen LogP contribution in [0, 0.1) is 0 Å². The van der Waals surface area contributed by atoms with Gasteiger partial charge >= 0.3 is 0 Å². The fraction of sp³-hybridized carbons (Fsp3) is 0.321.